The summed E-state index contributed by atoms with van der Waals surface area (Å²) >= 11 is 0. The van der Waals surface area contributed by atoms with Crippen LogP contribution in [0.2, 0.25) is 0 Å². The Balaban J connectivity index is 1.75. The number of aromatic nitrogens is 2. The molecule has 1 aromatic carbocycles. The summed E-state index contributed by atoms with van der Waals surface area (Å²) < 4.78 is 5.40. The number of nitrogens with zero attached hydrogens (tertiary/aromatic N) is 1. The van der Waals surface area contributed by atoms with E-state index < -0.39 is 24.3 Å². The largest absolute Gasteiger partial charge is 0.445 e. The zero-order chi connectivity index (χ0) is 29.6. The van der Waals surface area contributed by atoms with Gasteiger partial charge in [0, 0.05) is 31.3 Å². The van der Waals surface area contributed by atoms with Crippen LogP contribution in [0.1, 0.15) is 77.0 Å². The summed E-state index contributed by atoms with van der Waals surface area (Å²) in [5, 5.41) is 17.9. The summed E-state index contributed by atoms with van der Waals surface area (Å²) in [6.45, 7) is 6.49. The second-order valence-corrected chi connectivity index (χ2v) is 11.6. The molecule has 226 valence electrons. The zero-order valence-electron chi connectivity index (χ0n) is 24.9. The van der Waals surface area contributed by atoms with Crippen molar-refractivity contribution >= 4 is 12.0 Å². The van der Waals surface area contributed by atoms with Gasteiger partial charge in [0.25, 0.3) is 0 Å². The fourth-order valence-electron chi connectivity index (χ4n) is 5.79. The average molecular weight is 568 g/mol. The molecule has 0 spiro atoms. The number of nitrogens with one attached hydrogen (secondary N) is 3. The maximum Gasteiger partial charge on any atom is 0.404 e. The SMILES string of the molecule is C/C=C(/C[C@H](O)[C@H](CC1CCCCC1)NC(=O)[C@H](Cc1cnc[nH]1)NC[C@H](Cc1ccccc1)OC(N)=O)C(C)C. The topological polar surface area (TPSA) is 142 Å². The summed E-state index contributed by atoms with van der Waals surface area (Å²) in [4.78, 5) is 32.7. The molecule has 0 bridgehead atoms. The van der Waals surface area contributed by atoms with Gasteiger partial charge in [-0.2, -0.15) is 0 Å². The Morgan fingerprint density at radius 3 is 2.51 bits per heavy atom. The number of rotatable bonds is 16. The number of hydrogen-bond acceptors (Lipinski definition) is 6. The summed E-state index contributed by atoms with van der Waals surface area (Å²) in [5.74, 6) is 0.598. The van der Waals surface area contributed by atoms with Crippen molar-refractivity contribution < 1.29 is 19.4 Å². The van der Waals surface area contributed by atoms with E-state index in [0.717, 1.165) is 30.5 Å². The molecule has 1 aliphatic rings. The van der Waals surface area contributed by atoms with Crippen molar-refractivity contribution in [2.75, 3.05) is 6.54 Å². The molecule has 4 atom stereocenters. The van der Waals surface area contributed by atoms with Crippen LogP contribution in [0.25, 0.3) is 0 Å². The highest BCUT2D eigenvalue weighted by Crippen LogP contribution is 2.29. The average Bonchev–Trinajstić information content (AvgIpc) is 3.47. The van der Waals surface area contributed by atoms with Crippen LogP contribution >= 0.6 is 0 Å². The number of hydrogen-bond donors (Lipinski definition) is 5. The lowest BCUT2D eigenvalue weighted by atomic mass is 9.82. The highest BCUT2D eigenvalue weighted by molar-refractivity contribution is 5.82. The first-order valence-corrected chi connectivity index (χ1v) is 15.1. The van der Waals surface area contributed by atoms with Gasteiger partial charge < -0.3 is 31.2 Å². The van der Waals surface area contributed by atoms with E-state index >= 15 is 0 Å². The van der Waals surface area contributed by atoms with Gasteiger partial charge in [-0.15, -0.1) is 0 Å². The monoisotopic (exact) mass is 567 g/mol. The molecule has 0 saturated heterocycles. The summed E-state index contributed by atoms with van der Waals surface area (Å²) in [5.41, 5.74) is 8.35. The summed E-state index contributed by atoms with van der Waals surface area (Å²) in [7, 11) is 0. The number of aliphatic hydroxyl groups excluding tert-OH is 1. The van der Waals surface area contributed by atoms with E-state index in [1.165, 1.54) is 24.8 Å². The third kappa shape index (κ3) is 11.3. The number of benzene rings is 1. The van der Waals surface area contributed by atoms with E-state index in [2.05, 4.69) is 40.5 Å². The summed E-state index contributed by atoms with van der Waals surface area (Å²) in [6.07, 6.45) is 11.2. The van der Waals surface area contributed by atoms with E-state index in [1.807, 2.05) is 37.3 Å². The number of imidazole rings is 1. The predicted molar refractivity (Wildman–Crippen MR) is 161 cm³/mol. The molecule has 0 unspecified atom stereocenters. The first kappa shape index (κ1) is 32.3. The minimum atomic E-state index is -0.858. The number of amides is 2. The molecule has 0 radical (unpaired) electrons. The molecule has 3 rings (SSSR count). The van der Waals surface area contributed by atoms with Gasteiger partial charge in [0.05, 0.1) is 24.5 Å². The molecule has 1 heterocycles. The normalized spacial score (nSPS) is 17.5. The summed E-state index contributed by atoms with van der Waals surface area (Å²) in [6, 6.07) is 8.68. The third-order valence-electron chi connectivity index (χ3n) is 8.14. The molecular formula is C32H49N5O4. The van der Waals surface area contributed by atoms with Crippen molar-refractivity contribution in [3.63, 3.8) is 0 Å². The van der Waals surface area contributed by atoms with Gasteiger partial charge in [0.1, 0.15) is 6.10 Å². The minimum absolute atomic E-state index is 0.205. The van der Waals surface area contributed by atoms with E-state index in [0.29, 0.717) is 31.1 Å². The third-order valence-corrected chi connectivity index (χ3v) is 8.14. The number of carbonyl (C=O) groups is 2. The number of ether oxygens (including phenoxy) is 1. The lowest BCUT2D eigenvalue weighted by Crippen LogP contribution is -2.54. The van der Waals surface area contributed by atoms with E-state index in [4.69, 9.17) is 10.5 Å². The molecule has 9 nitrogen and oxygen atoms in total. The highest BCUT2D eigenvalue weighted by Gasteiger charge is 2.30. The van der Waals surface area contributed by atoms with Crippen molar-refractivity contribution in [1.82, 2.24) is 20.6 Å². The van der Waals surface area contributed by atoms with Crippen LogP contribution in [-0.4, -0.2) is 57.9 Å². The Kier molecular flexibility index (Phi) is 13.4. The lowest BCUT2D eigenvalue weighted by Gasteiger charge is -2.32. The Labute approximate surface area is 244 Å². The van der Waals surface area contributed by atoms with Crippen LogP contribution in [0, 0.1) is 11.8 Å². The fraction of sp³-hybridized carbons (Fsp3) is 0.594. The lowest BCUT2D eigenvalue weighted by molar-refractivity contribution is -0.125. The van der Waals surface area contributed by atoms with Gasteiger partial charge in [0.15, 0.2) is 0 Å². The smallest absolute Gasteiger partial charge is 0.404 e. The number of nitrogens with two attached hydrogens (primary N) is 1. The second-order valence-electron chi connectivity index (χ2n) is 11.6. The molecular weight excluding hydrogens is 518 g/mol. The number of primary amides is 1. The number of H-pyrrole nitrogens is 1. The fourth-order valence-corrected chi connectivity index (χ4v) is 5.79. The number of carbonyl (C=O) groups excluding carboxylic acids is 2. The van der Waals surface area contributed by atoms with E-state index in [9.17, 15) is 14.7 Å². The molecule has 0 aliphatic heterocycles. The van der Waals surface area contributed by atoms with Gasteiger partial charge in [-0.25, -0.2) is 9.78 Å². The van der Waals surface area contributed by atoms with Crippen LogP contribution in [0.4, 0.5) is 4.79 Å². The predicted octanol–water partition coefficient (Wildman–Crippen LogP) is 4.43. The molecule has 2 aromatic rings. The van der Waals surface area contributed by atoms with Crippen LogP contribution in [0.3, 0.4) is 0 Å². The standard InChI is InChI=1S/C32H49N5O4/c1-4-25(22(2)3)17-30(38)28(16-24-13-9-6-10-14-24)37-31(39)29(18-26-19-34-21-36-26)35-20-27(41-32(33)40)15-23-11-7-5-8-12-23/h4-5,7-8,11-12,19,21-22,24,27-30,35,38H,6,9-10,13-18,20H2,1-3H3,(H2,33,40)(H,34,36)(H,37,39)/b25-4-/t27-,28-,29-,30-/m0/s1. The Hall–Kier alpha value is -3.17. The zero-order valence-corrected chi connectivity index (χ0v) is 24.9. The van der Waals surface area contributed by atoms with Gasteiger partial charge in [0.2, 0.25) is 5.91 Å². The van der Waals surface area contributed by atoms with E-state index in [-0.39, 0.29) is 18.5 Å². The molecule has 9 heteroatoms. The van der Waals surface area contributed by atoms with Gasteiger partial charge >= 0.3 is 6.09 Å². The maximum absolute atomic E-state index is 13.8. The van der Waals surface area contributed by atoms with Crippen molar-refractivity contribution in [1.29, 1.82) is 0 Å². The van der Waals surface area contributed by atoms with Crippen molar-refractivity contribution in [3.05, 3.63) is 65.8 Å². The Bertz CT molecular complexity index is 1070. The maximum atomic E-state index is 13.8. The first-order valence-electron chi connectivity index (χ1n) is 15.1. The molecule has 41 heavy (non-hydrogen) atoms. The van der Waals surface area contributed by atoms with Crippen LogP contribution in [0.5, 0.6) is 0 Å². The highest BCUT2D eigenvalue weighted by atomic mass is 16.6. The number of allylic oxidation sites excluding steroid dienone is 1. The quantitative estimate of drug-likeness (QED) is 0.190. The number of aromatic amines is 1. The molecule has 1 aliphatic carbocycles. The van der Waals surface area contributed by atoms with Crippen molar-refractivity contribution in [2.24, 2.45) is 17.6 Å². The van der Waals surface area contributed by atoms with Crippen LogP contribution in [0.15, 0.2) is 54.5 Å². The van der Waals surface area contributed by atoms with Crippen molar-refractivity contribution in [3.8, 4) is 0 Å². The molecule has 2 amide bonds. The molecule has 1 saturated carbocycles. The molecule has 1 aromatic heterocycles. The van der Waals surface area contributed by atoms with E-state index in [1.54, 1.807) is 12.5 Å². The van der Waals surface area contributed by atoms with Crippen molar-refractivity contribution in [2.45, 2.75) is 103 Å². The molecule has 1 fully saturated rings. The van der Waals surface area contributed by atoms with Crippen LogP contribution < -0.4 is 16.4 Å². The second kappa shape index (κ2) is 16.9. The molecule has 6 N–H and O–H groups in total. The Morgan fingerprint density at radius 1 is 1.17 bits per heavy atom. The number of aliphatic hydroxyl groups is 1. The minimum Gasteiger partial charge on any atom is -0.445 e. The van der Waals surface area contributed by atoms with Gasteiger partial charge in [-0.1, -0.05) is 87.9 Å². The van der Waals surface area contributed by atoms with Gasteiger partial charge in [-0.05, 0) is 37.2 Å². The Morgan fingerprint density at radius 2 is 1.90 bits per heavy atom. The van der Waals surface area contributed by atoms with Crippen LogP contribution in [-0.2, 0) is 22.4 Å². The van der Waals surface area contributed by atoms with Gasteiger partial charge in [-0.3, -0.25) is 4.79 Å². The first-order chi connectivity index (χ1) is 19.7.